The van der Waals surface area contributed by atoms with Gasteiger partial charge in [-0.15, -0.1) is 11.3 Å². The molecule has 3 aromatic heterocycles. The van der Waals surface area contributed by atoms with Crippen LogP contribution in [0, 0.1) is 11.8 Å². The van der Waals surface area contributed by atoms with Crippen molar-refractivity contribution in [2.45, 2.75) is 70.4 Å². The number of piperidine rings is 1. The summed E-state index contributed by atoms with van der Waals surface area (Å²) in [4.78, 5) is 17.0. The summed E-state index contributed by atoms with van der Waals surface area (Å²) in [6.45, 7) is 7.20. The molecule has 3 aromatic rings. The van der Waals surface area contributed by atoms with E-state index < -0.39 is 5.60 Å². The van der Waals surface area contributed by atoms with Gasteiger partial charge in [0.25, 0.3) is 0 Å². The number of nitrogens with two attached hydrogens (primary N) is 1. The fourth-order valence-corrected chi connectivity index (χ4v) is 5.81. The van der Waals surface area contributed by atoms with Crippen LogP contribution in [0.5, 0.6) is 5.75 Å². The number of likely N-dealkylation sites (tertiary alicyclic amines) is 1. The molecular formula is C30H37N5O3S. The first-order valence-electron chi connectivity index (χ1n) is 13.7. The van der Waals surface area contributed by atoms with Crippen molar-refractivity contribution in [3.05, 3.63) is 53.1 Å². The fraction of sp³-hybridized carbons (Fsp3) is 0.500. The van der Waals surface area contributed by atoms with Crippen LogP contribution >= 0.6 is 11.3 Å². The van der Waals surface area contributed by atoms with Gasteiger partial charge in [-0.05, 0) is 95.8 Å². The Kier molecular flexibility index (Phi) is 8.78. The quantitative estimate of drug-likeness (QED) is 0.401. The molecular weight excluding hydrogens is 510 g/mol. The van der Waals surface area contributed by atoms with Crippen molar-refractivity contribution in [3.8, 4) is 28.0 Å². The zero-order valence-corrected chi connectivity index (χ0v) is 23.8. The lowest BCUT2D eigenvalue weighted by atomic mass is 9.98. The highest BCUT2D eigenvalue weighted by Gasteiger charge is 2.24. The molecule has 1 atom stereocenters. The predicted octanol–water partition coefficient (Wildman–Crippen LogP) is 5.24. The van der Waals surface area contributed by atoms with Gasteiger partial charge >= 0.3 is 0 Å². The third-order valence-electron chi connectivity index (χ3n) is 7.03. The molecule has 1 unspecified atom stereocenters. The Morgan fingerprint density at radius 3 is 2.77 bits per heavy atom. The van der Waals surface area contributed by atoms with Gasteiger partial charge in [0.1, 0.15) is 17.9 Å². The van der Waals surface area contributed by atoms with Gasteiger partial charge < -0.3 is 24.8 Å². The van der Waals surface area contributed by atoms with E-state index in [0.717, 1.165) is 67.8 Å². The van der Waals surface area contributed by atoms with Crippen molar-refractivity contribution in [2.24, 2.45) is 0 Å². The summed E-state index contributed by atoms with van der Waals surface area (Å²) in [6, 6.07) is 5.78. The van der Waals surface area contributed by atoms with Crippen LogP contribution in [0.2, 0.25) is 0 Å². The number of nitrogen functional groups attached to an aromatic ring is 1. The molecule has 5 heterocycles. The number of thiazole rings is 1. The first-order chi connectivity index (χ1) is 18.8. The number of pyridine rings is 2. The van der Waals surface area contributed by atoms with Crippen LogP contribution in [0.1, 0.15) is 68.1 Å². The Morgan fingerprint density at radius 2 is 1.97 bits per heavy atom. The van der Waals surface area contributed by atoms with Crippen LogP contribution in [-0.2, 0) is 16.1 Å². The van der Waals surface area contributed by atoms with Crippen molar-refractivity contribution in [3.63, 3.8) is 0 Å². The largest absolute Gasteiger partial charge is 0.485 e. The fourth-order valence-electron chi connectivity index (χ4n) is 4.74. The van der Waals surface area contributed by atoms with E-state index in [1.807, 2.05) is 38.2 Å². The molecule has 39 heavy (non-hydrogen) atoms. The maximum Gasteiger partial charge on any atom is 0.166 e. The molecule has 2 N–H and O–H groups in total. The molecule has 9 heteroatoms. The van der Waals surface area contributed by atoms with Gasteiger partial charge in [-0.1, -0.05) is 5.92 Å². The van der Waals surface area contributed by atoms with Crippen LogP contribution < -0.4 is 10.5 Å². The molecule has 0 spiro atoms. The average molecular weight is 548 g/mol. The maximum atomic E-state index is 6.16. The highest BCUT2D eigenvalue weighted by atomic mass is 32.1. The number of aromatic nitrogens is 3. The lowest BCUT2D eigenvalue weighted by Crippen LogP contribution is -2.33. The second-order valence-corrected chi connectivity index (χ2v) is 11.8. The van der Waals surface area contributed by atoms with Gasteiger partial charge in [-0.2, -0.15) is 0 Å². The molecule has 0 amide bonds. The van der Waals surface area contributed by atoms with E-state index in [4.69, 9.17) is 24.9 Å². The minimum absolute atomic E-state index is 0.198. The normalized spacial score (nSPS) is 18.9. The lowest BCUT2D eigenvalue weighted by Gasteiger charge is -2.29. The molecule has 0 saturated carbocycles. The molecule has 0 aromatic carbocycles. The van der Waals surface area contributed by atoms with Crippen molar-refractivity contribution < 1.29 is 14.2 Å². The van der Waals surface area contributed by atoms with E-state index in [9.17, 15) is 0 Å². The second kappa shape index (κ2) is 12.4. The summed E-state index contributed by atoms with van der Waals surface area (Å²) in [5.74, 6) is 7.77. The molecule has 0 aliphatic carbocycles. The summed E-state index contributed by atoms with van der Waals surface area (Å²) in [5, 5.41) is 1.20. The Hall–Kier alpha value is -3.03. The molecule has 5 rings (SSSR count). The molecule has 8 nitrogen and oxygen atoms in total. The molecule has 206 valence electrons. The van der Waals surface area contributed by atoms with Gasteiger partial charge in [-0.3, -0.25) is 0 Å². The maximum absolute atomic E-state index is 6.16. The Morgan fingerprint density at radius 1 is 1.13 bits per heavy atom. The number of anilines is 1. The van der Waals surface area contributed by atoms with E-state index in [2.05, 4.69) is 33.8 Å². The van der Waals surface area contributed by atoms with E-state index in [0.29, 0.717) is 29.8 Å². The zero-order chi connectivity index (χ0) is 27.2. The van der Waals surface area contributed by atoms with Crippen LogP contribution in [0.25, 0.3) is 10.4 Å². The number of hydrogen-bond acceptors (Lipinski definition) is 9. The number of hydrogen-bond donors (Lipinski definition) is 1. The minimum Gasteiger partial charge on any atom is -0.485 e. The first kappa shape index (κ1) is 27.5. The van der Waals surface area contributed by atoms with Gasteiger partial charge in [0.05, 0.1) is 9.88 Å². The number of nitrogens with zero attached hydrogens (tertiary/aromatic N) is 4. The minimum atomic E-state index is -0.638. The third-order valence-corrected chi connectivity index (χ3v) is 8.24. The van der Waals surface area contributed by atoms with Crippen LogP contribution in [0.4, 0.5) is 5.82 Å². The Bertz CT molecular complexity index is 1320. The summed E-state index contributed by atoms with van der Waals surface area (Å²) >= 11 is 1.74. The lowest BCUT2D eigenvalue weighted by molar-refractivity contribution is -0.199. The van der Waals surface area contributed by atoms with E-state index in [-0.39, 0.29) is 6.29 Å². The number of ether oxygens (including phenoxy) is 3. The number of rotatable bonds is 7. The molecule has 2 aliphatic rings. The smallest absolute Gasteiger partial charge is 0.166 e. The zero-order valence-electron chi connectivity index (χ0n) is 23.0. The average Bonchev–Trinajstić information content (AvgIpc) is 3.43. The molecule has 2 saturated heterocycles. The first-order valence-corrected chi connectivity index (χ1v) is 14.5. The predicted molar refractivity (Wildman–Crippen MR) is 153 cm³/mol. The highest BCUT2D eigenvalue weighted by molar-refractivity contribution is 7.15. The molecule has 0 radical (unpaired) electrons. The van der Waals surface area contributed by atoms with Crippen LogP contribution in [0.15, 0.2) is 36.8 Å². The van der Waals surface area contributed by atoms with Gasteiger partial charge in [-0.25, -0.2) is 15.0 Å². The molecule has 0 bridgehead atoms. The Labute approximate surface area is 234 Å². The SMILES string of the molecule is CN1CCC(c2ncc(-c3cnc(N)c(OCc4ccnc(C#CC(C)(C)OC5CCCCO5)c4)c3)s2)CC1. The van der Waals surface area contributed by atoms with Crippen molar-refractivity contribution in [1.82, 2.24) is 19.9 Å². The molecule has 2 aliphatic heterocycles. The Balaban J connectivity index is 1.22. The van der Waals surface area contributed by atoms with Crippen LogP contribution in [0.3, 0.4) is 0 Å². The second-order valence-electron chi connectivity index (χ2n) is 10.8. The van der Waals surface area contributed by atoms with Gasteiger partial charge in [0.15, 0.2) is 17.9 Å². The van der Waals surface area contributed by atoms with Gasteiger partial charge in [0.2, 0.25) is 0 Å². The van der Waals surface area contributed by atoms with Crippen molar-refractivity contribution >= 4 is 17.2 Å². The third kappa shape index (κ3) is 7.55. The molecule has 2 fully saturated rings. The van der Waals surface area contributed by atoms with E-state index >= 15 is 0 Å². The summed E-state index contributed by atoms with van der Waals surface area (Å²) < 4.78 is 17.9. The topological polar surface area (TPSA) is 95.6 Å². The van der Waals surface area contributed by atoms with Crippen LogP contribution in [-0.4, -0.2) is 58.5 Å². The van der Waals surface area contributed by atoms with Gasteiger partial charge in [0, 0.05) is 36.7 Å². The van der Waals surface area contributed by atoms with Crippen molar-refractivity contribution in [1.29, 1.82) is 0 Å². The highest BCUT2D eigenvalue weighted by Crippen LogP contribution is 2.36. The summed E-state index contributed by atoms with van der Waals surface area (Å²) in [6.07, 6.45) is 10.7. The van der Waals surface area contributed by atoms with E-state index in [1.54, 1.807) is 23.7 Å². The summed E-state index contributed by atoms with van der Waals surface area (Å²) in [7, 11) is 2.18. The summed E-state index contributed by atoms with van der Waals surface area (Å²) in [5.41, 5.74) is 8.07. The van der Waals surface area contributed by atoms with E-state index in [1.165, 1.54) is 5.01 Å². The standard InChI is InChI=1S/C30H37N5O3S/c1-30(2,38-27-6-4-5-15-36-27)11-7-24-16-21(8-12-32-24)20-37-25-17-23(18-33-28(25)31)26-19-34-29(39-26)22-9-13-35(3)14-10-22/h8,12,16-19,22,27H,4-6,9-10,13-15,20H2,1-3H3,(H2,31,33). The van der Waals surface area contributed by atoms with Crippen molar-refractivity contribution in [2.75, 3.05) is 32.5 Å². The monoisotopic (exact) mass is 547 g/mol.